The number of carbonyl (C=O) groups excluding carboxylic acids is 1. The van der Waals surface area contributed by atoms with Gasteiger partial charge in [0.2, 0.25) is 5.91 Å². The predicted octanol–water partition coefficient (Wildman–Crippen LogP) is 1.16. The van der Waals surface area contributed by atoms with Crippen LogP contribution in [0.2, 0.25) is 0 Å². The van der Waals surface area contributed by atoms with Gasteiger partial charge in [-0.2, -0.15) is 0 Å². The van der Waals surface area contributed by atoms with Gasteiger partial charge in [-0.05, 0) is 18.7 Å². The average Bonchev–Trinajstić information content (AvgIpc) is 2.80. The molecule has 0 atom stereocenters. The Balaban J connectivity index is 1.95. The van der Waals surface area contributed by atoms with Crippen molar-refractivity contribution in [2.75, 3.05) is 11.9 Å². The van der Waals surface area contributed by atoms with E-state index in [9.17, 15) is 9.18 Å². The highest BCUT2D eigenvalue weighted by atomic mass is 19.1. The number of aromatic nitrogens is 2. The van der Waals surface area contributed by atoms with E-state index in [4.69, 9.17) is 5.73 Å². The molecule has 19 heavy (non-hydrogen) atoms. The van der Waals surface area contributed by atoms with E-state index in [0.717, 1.165) is 5.69 Å². The Kier molecular flexibility index (Phi) is 4.25. The second kappa shape index (κ2) is 6.10. The first-order valence-electron chi connectivity index (χ1n) is 5.94. The van der Waals surface area contributed by atoms with Gasteiger partial charge in [-0.15, -0.1) is 0 Å². The predicted molar refractivity (Wildman–Crippen MR) is 70.0 cm³/mol. The highest BCUT2D eigenvalue weighted by Crippen LogP contribution is 2.12. The smallest absolute Gasteiger partial charge is 0.244 e. The molecule has 0 saturated heterocycles. The molecule has 100 valence electrons. The third kappa shape index (κ3) is 3.62. The van der Waals surface area contributed by atoms with Crippen LogP contribution in [0, 0.1) is 5.82 Å². The summed E-state index contributed by atoms with van der Waals surface area (Å²) in [6, 6.07) is 6.04. The van der Waals surface area contributed by atoms with Crippen molar-refractivity contribution in [1.29, 1.82) is 0 Å². The summed E-state index contributed by atoms with van der Waals surface area (Å²) in [7, 11) is 0. The Morgan fingerprint density at radius 1 is 1.42 bits per heavy atom. The van der Waals surface area contributed by atoms with Crippen LogP contribution >= 0.6 is 0 Å². The number of para-hydroxylation sites is 1. The van der Waals surface area contributed by atoms with Gasteiger partial charge in [0.25, 0.3) is 0 Å². The van der Waals surface area contributed by atoms with Crippen LogP contribution in [0.5, 0.6) is 0 Å². The molecule has 0 unspecified atom stereocenters. The third-order valence-electron chi connectivity index (χ3n) is 2.56. The topological polar surface area (TPSA) is 72.9 Å². The van der Waals surface area contributed by atoms with Crippen molar-refractivity contribution in [3.8, 4) is 0 Å². The molecule has 5 nitrogen and oxygen atoms in total. The number of halogens is 1. The lowest BCUT2D eigenvalue weighted by Crippen LogP contribution is -2.18. The number of rotatable bonds is 5. The van der Waals surface area contributed by atoms with Crippen LogP contribution in [0.25, 0.3) is 0 Å². The average molecular weight is 262 g/mol. The van der Waals surface area contributed by atoms with Crippen molar-refractivity contribution in [2.24, 2.45) is 5.73 Å². The summed E-state index contributed by atoms with van der Waals surface area (Å²) in [5, 5.41) is 2.51. The summed E-state index contributed by atoms with van der Waals surface area (Å²) in [5.41, 5.74) is 6.43. The summed E-state index contributed by atoms with van der Waals surface area (Å²) < 4.78 is 15.0. The van der Waals surface area contributed by atoms with Crippen molar-refractivity contribution in [1.82, 2.24) is 9.55 Å². The quantitative estimate of drug-likeness (QED) is 0.849. The molecule has 0 radical (unpaired) electrons. The first kappa shape index (κ1) is 13.2. The maximum atomic E-state index is 13.3. The first-order chi connectivity index (χ1) is 9.19. The van der Waals surface area contributed by atoms with E-state index in [1.807, 2.05) is 0 Å². The molecule has 0 spiro atoms. The molecule has 3 N–H and O–H groups in total. The lowest BCUT2D eigenvalue weighted by molar-refractivity contribution is -0.116. The molecule has 0 bridgehead atoms. The summed E-state index contributed by atoms with van der Waals surface area (Å²) in [4.78, 5) is 15.9. The largest absolute Gasteiger partial charge is 0.330 e. The molecule has 0 aliphatic heterocycles. The minimum atomic E-state index is -0.453. The fourth-order valence-corrected chi connectivity index (χ4v) is 1.69. The van der Waals surface area contributed by atoms with Crippen LogP contribution < -0.4 is 11.1 Å². The molecule has 0 aliphatic carbocycles. The Labute approximate surface area is 110 Å². The van der Waals surface area contributed by atoms with Gasteiger partial charge in [-0.25, -0.2) is 9.37 Å². The first-order valence-corrected chi connectivity index (χ1v) is 5.94. The van der Waals surface area contributed by atoms with Gasteiger partial charge >= 0.3 is 0 Å². The maximum absolute atomic E-state index is 13.3. The molecule has 1 heterocycles. The van der Waals surface area contributed by atoms with Crippen LogP contribution in [0.1, 0.15) is 5.69 Å². The highest BCUT2D eigenvalue weighted by molar-refractivity contribution is 5.90. The lowest BCUT2D eigenvalue weighted by Gasteiger charge is -2.06. The number of hydrogen-bond acceptors (Lipinski definition) is 3. The fourth-order valence-electron chi connectivity index (χ4n) is 1.69. The molecule has 1 aromatic carbocycles. The molecular weight excluding hydrogens is 247 g/mol. The zero-order valence-corrected chi connectivity index (χ0v) is 10.3. The number of nitrogens with two attached hydrogens (primary N) is 1. The molecular formula is C13H15FN4O. The van der Waals surface area contributed by atoms with Crippen LogP contribution in [-0.2, 0) is 17.8 Å². The Morgan fingerprint density at radius 3 is 2.95 bits per heavy atom. The van der Waals surface area contributed by atoms with Gasteiger partial charge in [0.05, 0.1) is 17.7 Å². The van der Waals surface area contributed by atoms with Crippen molar-refractivity contribution in [2.45, 2.75) is 13.0 Å². The zero-order valence-electron chi connectivity index (χ0n) is 10.3. The summed E-state index contributed by atoms with van der Waals surface area (Å²) in [6.45, 7) is 0.602. The van der Waals surface area contributed by atoms with Crippen LogP contribution in [-0.4, -0.2) is 22.0 Å². The molecule has 1 aromatic heterocycles. The molecule has 1 amide bonds. The number of benzene rings is 1. The summed E-state index contributed by atoms with van der Waals surface area (Å²) in [6.07, 6.45) is 3.99. The molecule has 0 fully saturated rings. The van der Waals surface area contributed by atoms with Gasteiger partial charge in [-0.3, -0.25) is 4.79 Å². The van der Waals surface area contributed by atoms with Crippen LogP contribution in [0.15, 0.2) is 36.8 Å². The van der Waals surface area contributed by atoms with E-state index in [0.29, 0.717) is 13.0 Å². The van der Waals surface area contributed by atoms with Crippen molar-refractivity contribution >= 4 is 11.6 Å². The van der Waals surface area contributed by atoms with Crippen molar-refractivity contribution in [3.05, 3.63) is 48.3 Å². The SMILES string of the molecule is NCCc1cn(CC(=O)Nc2ccccc2F)cn1. The Morgan fingerprint density at radius 2 is 2.21 bits per heavy atom. The summed E-state index contributed by atoms with van der Waals surface area (Å²) >= 11 is 0. The lowest BCUT2D eigenvalue weighted by atomic mass is 10.3. The molecule has 0 aliphatic rings. The fraction of sp³-hybridized carbons (Fsp3) is 0.231. The van der Waals surface area contributed by atoms with Crippen molar-refractivity contribution in [3.63, 3.8) is 0 Å². The van der Waals surface area contributed by atoms with E-state index >= 15 is 0 Å². The monoisotopic (exact) mass is 262 g/mol. The second-order valence-electron chi connectivity index (χ2n) is 4.10. The number of amides is 1. The van der Waals surface area contributed by atoms with Gasteiger partial charge in [-0.1, -0.05) is 12.1 Å². The Hall–Kier alpha value is -2.21. The summed E-state index contributed by atoms with van der Waals surface area (Å²) in [5.74, 6) is -0.757. The Bertz CT molecular complexity index is 567. The molecule has 2 aromatic rings. The highest BCUT2D eigenvalue weighted by Gasteiger charge is 2.07. The van der Waals surface area contributed by atoms with Crippen molar-refractivity contribution < 1.29 is 9.18 Å². The minimum Gasteiger partial charge on any atom is -0.330 e. The second-order valence-corrected chi connectivity index (χ2v) is 4.10. The van der Waals surface area contributed by atoms with Crippen LogP contribution in [0.3, 0.4) is 0 Å². The number of carbonyl (C=O) groups is 1. The number of anilines is 1. The molecule has 2 rings (SSSR count). The third-order valence-corrected chi connectivity index (χ3v) is 2.56. The van der Waals surface area contributed by atoms with E-state index < -0.39 is 5.82 Å². The van der Waals surface area contributed by atoms with E-state index in [-0.39, 0.29) is 18.1 Å². The van der Waals surface area contributed by atoms with Gasteiger partial charge in [0.15, 0.2) is 0 Å². The number of imidazole rings is 1. The maximum Gasteiger partial charge on any atom is 0.244 e. The molecule has 0 saturated carbocycles. The van der Waals surface area contributed by atoms with Gasteiger partial charge in [0, 0.05) is 12.6 Å². The number of nitrogens with one attached hydrogen (secondary N) is 1. The number of nitrogens with zero attached hydrogens (tertiary/aromatic N) is 2. The molecule has 6 heteroatoms. The van der Waals surface area contributed by atoms with E-state index in [1.54, 1.807) is 29.2 Å². The normalized spacial score (nSPS) is 10.4. The minimum absolute atomic E-state index is 0.0892. The van der Waals surface area contributed by atoms with E-state index in [2.05, 4.69) is 10.3 Å². The van der Waals surface area contributed by atoms with E-state index in [1.165, 1.54) is 12.1 Å². The van der Waals surface area contributed by atoms with Gasteiger partial charge in [0.1, 0.15) is 12.4 Å². The van der Waals surface area contributed by atoms with Crippen LogP contribution in [0.4, 0.5) is 10.1 Å². The number of hydrogen-bond donors (Lipinski definition) is 2. The standard InChI is InChI=1S/C13H15FN4O/c14-11-3-1-2-4-12(11)17-13(19)8-18-7-10(5-6-15)16-9-18/h1-4,7,9H,5-6,8,15H2,(H,17,19). The zero-order chi connectivity index (χ0) is 13.7. The van der Waals surface area contributed by atoms with Gasteiger partial charge < -0.3 is 15.6 Å².